The van der Waals surface area contributed by atoms with Crippen molar-refractivity contribution < 1.29 is 9.47 Å². The summed E-state index contributed by atoms with van der Waals surface area (Å²) in [5.41, 5.74) is 4.53. The Morgan fingerprint density at radius 1 is 0.973 bits per heavy atom. The van der Waals surface area contributed by atoms with Crippen LogP contribution in [0.1, 0.15) is 24.2 Å². The maximum Gasteiger partial charge on any atom is 0.179 e. The minimum atomic E-state index is 0.560. The molecule has 1 N–H and O–H groups in total. The number of aromatic nitrogens is 4. The van der Waals surface area contributed by atoms with Gasteiger partial charge in [0.2, 0.25) is 0 Å². The molecule has 1 fully saturated rings. The van der Waals surface area contributed by atoms with Crippen molar-refractivity contribution in [3.05, 3.63) is 78.1 Å². The SMILES string of the molecule is COc1cc(-c2cccc3sc(-c4ccc(OCCN5CCCC5)cc4)cc23)ccc1Cc1nn[nH]n1. The van der Waals surface area contributed by atoms with Gasteiger partial charge < -0.3 is 9.47 Å². The second-order valence-corrected chi connectivity index (χ2v) is 10.4. The molecule has 1 aliphatic rings. The van der Waals surface area contributed by atoms with E-state index >= 15 is 0 Å². The fourth-order valence-corrected chi connectivity index (χ4v) is 6.05. The fraction of sp³-hybridized carbons (Fsp3) is 0.276. The van der Waals surface area contributed by atoms with E-state index in [0.29, 0.717) is 12.2 Å². The van der Waals surface area contributed by atoms with Crippen molar-refractivity contribution in [2.45, 2.75) is 19.3 Å². The van der Waals surface area contributed by atoms with E-state index in [1.807, 2.05) is 11.3 Å². The molecule has 1 aliphatic heterocycles. The van der Waals surface area contributed by atoms with Crippen LogP contribution in [-0.2, 0) is 6.42 Å². The van der Waals surface area contributed by atoms with Crippen molar-refractivity contribution in [2.75, 3.05) is 33.4 Å². The summed E-state index contributed by atoms with van der Waals surface area (Å²) in [4.78, 5) is 3.71. The van der Waals surface area contributed by atoms with Crippen LogP contribution in [0, 0.1) is 0 Å². The molecular formula is C29H29N5O2S. The number of rotatable bonds is 9. The molecule has 7 nitrogen and oxygen atoms in total. The van der Waals surface area contributed by atoms with Gasteiger partial charge in [-0.1, -0.05) is 29.5 Å². The highest BCUT2D eigenvalue weighted by Gasteiger charge is 2.14. The van der Waals surface area contributed by atoms with Gasteiger partial charge in [0.1, 0.15) is 18.1 Å². The second-order valence-electron chi connectivity index (χ2n) is 9.28. The van der Waals surface area contributed by atoms with Crippen molar-refractivity contribution in [3.8, 4) is 33.1 Å². The number of hydrogen-bond donors (Lipinski definition) is 1. The Morgan fingerprint density at radius 3 is 2.59 bits per heavy atom. The van der Waals surface area contributed by atoms with E-state index in [1.54, 1.807) is 7.11 Å². The number of H-pyrrole nitrogens is 1. The first-order valence-corrected chi connectivity index (χ1v) is 13.5. The number of ether oxygens (including phenoxy) is 2. The molecule has 0 atom stereocenters. The van der Waals surface area contributed by atoms with E-state index in [2.05, 4.69) is 92.3 Å². The third-order valence-corrected chi connectivity index (χ3v) is 8.06. The van der Waals surface area contributed by atoms with Crippen LogP contribution >= 0.6 is 11.3 Å². The highest BCUT2D eigenvalue weighted by atomic mass is 32.1. The van der Waals surface area contributed by atoms with Crippen LogP contribution in [0.5, 0.6) is 11.5 Å². The van der Waals surface area contributed by atoms with Crippen LogP contribution in [0.3, 0.4) is 0 Å². The molecule has 5 aromatic rings. The monoisotopic (exact) mass is 511 g/mol. The van der Waals surface area contributed by atoms with Crippen molar-refractivity contribution in [3.63, 3.8) is 0 Å². The summed E-state index contributed by atoms with van der Waals surface area (Å²) < 4.78 is 13.0. The van der Waals surface area contributed by atoms with Gasteiger partial charge in [0, 0.05) is 33.5 Å². The quantitative estimate of drug-likeness (QED) is 0.269. The Bertz CT molecular complexity index is 1470. The third kappa shape index (κ3) is 5.21. The number of methoxy groups -OCH3 is 1. The maximum atomic E-state index is 6.00. The summed E-state index contributed by atoms with van der Waals surface area (Å²) in [6.07, 6.45) is 3.18. The Labute approximate surface area is 220 Å². The largest absolute Gasteiger partial charge is 0.496 e. The zero-order valence-corrected chi connectivity index (χ0v) is 21.6. The molecule has 37 heavy (non-hydrogen) atoms. The van der Waals surface area contributed by atoms with E-state index in [9.17, 15) is 0 Å². The molecule has 1 saturated heterocycles. The third-order valence-electron chi connectivity index (χ3n) is 6.91. The number of likely N-dealkylation sites (tertiary alicyclic amines) is 1. The summed E-state index contributed by atoms with van der Waals surface area (Å²) in [6, 6.07) is 23.6. The molecule has 6 rings (SSSR count). The van der Waals surface area contributed by atoms with Crippen LogP contribution < -0.4 is 9.47 Å². The Kier molecular flexibility index (Phi) is 6.84. The number of benzene rings is 3. The molecule has 3 aromatic carbocycles. The predicted octanol–water partition coefficient (Wildman–Crippen LogP) is 5.82. The number of thiophene rings is 1. The van der Waals surface area contributed by atoms with Gasteiger partial charge in [0.25, 0.3) is 0 Å². The van der Waals surface area contributed by atoms with Crippen molar-refractivity contribution in [2.24, 2.45) is 0 Å². The zero-order valence-electron chi connectivity index (χ0n) is 20.8. The minimum absolute atomic E-state index is 0.560. The molecule has 188 valence electrons. The summed E-state index contributed by atoms with van der Waals surface area (Å²) >= 11 is 1.81. The van der Waals surface area contributed by atoms with Crippen LogP contribution in [0.4, 0.5) is 0 Å². The molecule has 0 amide bonds. The number of hydrogen-bond acceptors (Lipinski definition) is 7. The standard InChI is InChI=1S/C29H29N5O2S/c1-35-26-17-21(7-8-22(26)18-29-30-32-33-31-29)24-5-4-6-27-25(24)19-28(37-27)20-9-11-23(12-10-20)36-16-15-34-13-2-3-14-34/h4-12,17,19H,2-3,13-16,18H2,1H3,(H,30,31,32,33). The minimum Gasteiger partial charge on any atom is -0.496 e. The number of nitrogens with zero attached hydrogens (tertiary/aromatic N) is 4. The lowest BCUT2D eigenvalue weighted by Crippen LogP contribution is -2.25. The first-order valence-electron chi connectivity index (χ1n) is 12.6. The lowest BCUT2D eigenvalue weighted by Gasteiger charge is -2.14. The van der Waals surface area contributed by atoms with Gasteiger partial charge in [-0.25, -0.2) is 0 Å². The highest BCUT2D eigenvalue weighted by Crippen LogP contribution is 2.40. The number of aromatic amines is 1. The molecule has 8 heteroatoms. The molecule has 0 spiro atoms. The van der Waals surface area contributed by atoms with Crippen LogP contribution in [-0.4, -0.2) is 58.9 Å². The predicted molar refractivity (Wildman–Crippen MR) is 147 cm³/mol. The number of fused-ring (bicyclic) bond motifs is 1. The van der Waals surface area contributed by atoms with Gasteiger partial charge in [0.15, 0.2) is 5.82 Å². The first kappa shape index (κ1) is 23.6. The topological polar surface area (TPSA) is 76.2 Å². The van der Waals surface area contributed by atoms with Gasteiger partial charge in [-0.2, -0.15) is 5.21 Å². The van der Waals surface area contributed by atoms with E-state index in [0.717, 1.165) is 35.8 Å². The fourth-order valence-electron chi connectivity index (χ4n) is 4.96. The molecule has 0 radical (unpaired) electrons. The summed E-state index contributed by atoms with van der Waals surface area (Å²) in [6.45, 7) is 4.15. The van der Waals surface area contributed by atoms with E-state index in [-0.39, 0.29) is 0 Å². The average Bonchev–Trinajstić information content (AvgIpc) is 3.71. The van der Waals surface area contributed by atoms with Gasteiger partial charge in [-0.15, -0.1) is 21.5 Å². The van der Waals surface area contributed by atoms with E-state index < -0.39 is 0 Å². The highest BCUT2D eigenvalue weighted by molar-refractivity contribution is 7.22. The summed E-state index contributed by atoms with van der Waals surface area (Å²) in [5, 5.41) is 15.5. The average molecular weight is 512 g/mol. The van der Waals surface area contributed by atoms with E-state index in [4.69, 9.17) is 9.47 Å². The van der Waals surface area contributed by atoms with Gasteiger partial charge in [-0.05, 0) is 85.1 Å². The van der Waals surface area contributed by atoms with E-state index in [1.165, 1.54) is 52.0 Å². The summed E-state index contributed by atoms with van der Waals surface area (Å²) in [5.74, 6) is 2.38. The summed E-state index contributed by atoms with van der Waals surface area (Å²) in [7, 11) is 1.70. The number of tetrazole rings is 1. The maximum absolute atomic E-state index is 6.00. The molecule has 3 heterocycles. The first-order chi connectivity index (χ1) is 18.3. The van der Waals surface area contributed by atoms with Gasteiger partial charge >= 0.3 is 0 Å². The lowest BCUT2D eigenvalue weighted by molar-refractivity contribution is 0.238. The van der Waals surface area contributed by atoms with Crippen molar-refractivity contribution >= 4 is 21.4 Å². The van der Waals surface area contributed by atoms with Crippen LogP contribution in [0.2, 0.25) is 0 Å². The Hall–Kier alpha value is -3.75. The smallest absolute Gasteiger partial charge is 0.179 e. The Morgan fingerprint density at radius 2 is 1.81 bits per heavy atom. The molecule has 0 aliphatic carbocycles. The Balaban J connectivity index is 1.22. The molecule has 0 unspecified atom stereocenters. The second kappa shape index (κ2) is 10.7. The van der Waals surface area contributed by atoms with Crippen molar-refractivity contribution in [1.82, 2.24) is 25.5 Å². The van der Waals surface area contributed by atoms with Gasteiger partial charge in [-0.3, -0.25) is 4.90 Å². The molecular weight excluding hydrogens is 482 g/mol. The van der Waals surface area contributed by atoms with Crippen LogP contribution in [0.25, 0.3) is 31.7 Å². The molecule has 2 aromatic heterocycles. The normalized spacial score (nSPS) is 13.9. The molecule has 0 saturated carbocycles. The molecule has 0 bridgehead atoms. The van der Waals surface area contributed by atoms with Gasteiger partial charge in [0.05, 0.1) is 7.11 Å². The lowest BCUT2D eigenvalue weighted by atomic mass is 9.98. The zero-order chi connectivity index (χ0) is 25.0. The van der Waals surface area contributed by atoms with Crippen LogP contribution in [0.15, 0.2) is 66.7 Å². The number of nitrogens with one attached hydrogen (secondary N) is 1. The van der Waals surface area contributed by atoms with Crippen molar-refractivity contribution in [1.29, 1.82) is 0 Å².